The highest BCUT2D eigenvalue weighted by molar-refractivity contribution is 5.91. The van der Waals surface area contributed by atoms with Crippen LogP contribution in [0.25, 0.3) is 0 Å². The van der Waals surface area contributed by atoms with Crippen LogP contribution in [-0.4, -0.2) is 11.1 Å². The minimum atomic E-state index is -0.997. The molecule has 1 heterocycles. The first-order chi connectivity index (χ1) is 5.54. The number of aromatic carboxylic acids is 1. The number of rotatable bonds is 1. The molecule has 1 aromatic rings. The van der Waals surface area contributed by atoms with Gasteiger partial charge in [0.15, 0.2) is 0 Å². The molecular weight excluding hydrogens is 156 g/mol. The normalized spacial score (nSPS) is 9.83. The molecule has 0 aliphatic heterocycles. The first-order valence-corrected chi connectivity index (χ1v) is 3.52. The summed E-state index contributed by atoms with van der Waals surface area (Å²) >= 11 is 0. The van der Waals surface area contributed by atoms with Crippen LogP contribution >= 0.6 is 0 Å². The standard InChI is InChI=1S/C8H10N2O2/c1-5-3-4-6(8(11)12)7(9)10(5)2/h3-4,9H,1-2H3,(H,11,12)/p+1. The van der Waals surface area contributed by atoms with E-state index in [2.05, 4.69) is 0 Å². The van der Waals surface area contributed by atoms with Crippen molar-refractivity contribution in [2.24, 2.45) is 7.05 Å². The Morgan fingerprint density at radius 1 is 1.58 bits per heavy atom. The van der Waals surface area contributed by atoms with Crippen LogP contribution in [0.15, 0.2) is 12.1 Å². The topological polar surface area (TPSA) is 67.2 Å². The van der Waals surface area contributed by atoms with Gasteiger partial charge in [-0.3, -0.25) is 5.73 Å². The number of carboxylic acid groups (broad SMARTS) is 1. The smallest absolute Gasteiger partial charge is 0.344 e. The lowest BCUT2D eigenvalue weighted by molar-refractivity contribution is -0.663. The number of hydrogen-bond donors (Lipinski definition) is 2. The molecular formula is C8H11N2O2+. The van der Waals surface area contributed by atoms with E-state index < -0.39 is 5.97 Å². The number of nitrogens with two attached hydrogens (primary N) is 1. The third kappa shape index (κ3) is 1.23. The van der Waals surface area contributed by atoms with Gasteiger partial charge in [-0.05, 0) is 19.1 Å². The first kappa shape index (κ1) is 8.52. The van der Waals surface area contributed by atoms with Crippen LogP contribution in [0.2, 0.25) is 0 Å². The highest BCUT2D eigenvalue weighted by Gasteiger charge is 2.15. The van der Waals surface area contributed by atoms with Gasteiger partial charge in [0.05, 0.1) is 7.05 Å². The molecule has 0 bridgehead atoms. The Morgan fingerprint density at radius 3 is 2.67 bits per heavy atom. The molecule has 0 aromatic carbocycles. The molecule has 64 valence electrons. The van der Waals surface area contributed by atoms with Crippen molar-refractivity contribution < 1.29 is 14.5 Å². The van der Waals surface area contributed by atoms with Crippen LogP contribution in [0.1, 0.15) is 16.1 Å². The highest BCUT2D eigenvalue weighted by atomic mass is 16.4. The lowest BCUT2D eigenvalue weighted by Gasteiger charge is -2.02. The monoisotopic (exact) mass is 167 g/mol. The quantitative estimate of drug-likeness (QED) is 0.583. The Bertz CT molecular complexity index is 334. The minimum absolute atomic E-state index is 0.142. The second kappa shape index (κ2) is 2.81. The molecule has 12 heavy (non-hydrogen) atoms. The summed E-state index contributed by atoms with van der Waals surface area (Å²) in [6.45, 7) is 1.86. The Hall–Kier alpha value is -1.58. The predicted octanol–water partition coefficient (Wildman–Crippen LogP) is 0.0999. The number of nitrogens with zero attached hydrogens (tertiary/aromatic N) is 1. The minimum Gasteiger partial charge on any atom is -0.477 e. The van der Waals surface area contributed by atoms with Gasteiger partial charge in [-0.2, -0.15) is 0 Å². The van der Waals surface area contributed by atoms with Crippen LogP contribution in [0.3, 0.4) is 0 Å². The van der Waals surface area contributed by atoms with Crippen LogP contribution in [-0.2, 0) is 7.05 Å². The van der Waals surface area contributed by atoms with E-state index in [0.717, 1.165) is 5.69 Å². The van der Waals surface area contributed by atoms with E-state index in [-0.39, 0.29) is 11.4 Å². The average Bonchev–Trinajstić information content (AvgIpc) is 2.00. The molecule has 3 N–H and O–H groups in total. The largest absolute Gasteiger partial charge is 0.477 e. The fourth-order valence-corrected chi connectivity index (χ4v) is 0.953. The maximum atomic E-state index is 10.6. The second-order valence-electron chi connectivity index (χ2n) is 2.64. The van der Waals surface area contributed by atoms with E-state index in [9.17, 15) is 4.79 Å². The summed E-state index contributed by atoms with van der Waals surface area (Å²) in [5.74, 6) is -0.717. The Balaban J connectivity index is 3.36. The van der Waals surface area contributed by atoms with E-state index in [1.165, 1.54) is 6.07 Å². The zero-order chi connectivity index (χ0) is 9.30. The van der Waals surface area contributed by atoms with Crippen LogP contribution < -0.4 is 10.3 Å². The van der Waals surface area contributed by atoms with Gasteiger partial charge in [0.1, 0.15) is 11.3 Å². The van der Waals surface area contributed by atoms with Crippen LogP contribution in [0.5, 0.6) is 0 Å². The Labute approximate surface area is 70.3 Å². The summed E-state index contributed by atoms with van der Waals surface area (Å²) in [6.07, 6.45) is 0. The highest BCUT2D eigenvalue weighted by Crippen LogP contribution is 2.06. The molecule has 1 rings (SSSR count). The molecule has 0 saturated carbocycles. The number of aromatic nitrogens is 1. The summed E-state index contributed by atoms with van der Waals surface area (Å²) < 4.78 is 1.64. The van der Waals surface area contributed by atoms with Gasteiger partial charge in [-0.25, -0.2) is 9.36 Å². The van der Waals surface area contributed by atoms with Gasteiger partial charge in [0, 0.05) is 0 Å². The van der Waals surface area contributed by atoms with Gasteiger partial charge in [0.25, 0.3) is 5.82 Å². The zero-order valence-corrected chi connectivity index (χ0v) is 7.03. The number of carboxylic acids is 1. The van der Waals surface area contributed by atoms with Gasteiger partial charge in [-0.1, -0.05) is 0 Å². The molecule has 0 aliphatic carbocycles. The van der Waals surface area contributed by atoms with E-state index >= 15 is 0 Å². The number of carbonyl (C=O) groups is 1. The van der Waals surface area contributed by atoms with Crippen molar-refractivity contribution in [1.29, 1.82) is 0 Å². The van der Waals surface area contributed by atoms with Gasteiger partial charge in [-0.15, -0.1) is 0 Å². The third-order valence-electron chi connectivity index (χ3n) is 1.89. The molecule has 0 spiro atoms. The number of hydrogen-bond acceptors (Lipinski definition) is 2. The second-order valence-corrected chi connectivity index (χ2v) is 2.64. The van der Waals surface area contributed by atoms with Crippen molar-refractivity contribution in [3.05, 3.63) is 23.4 Å². The maximum Gasteiger partial charge on any atom is 0.344 e. The maximum absolute atomic E-state index is 10.6. The summed E-state index contributed by atoms with van der Waals surface area (Å²) in [5.41, 5.74) is 6.64. The number of nitrogen functional groups attached to an aromatic ring is 1. The van der Waals surface area contributed by atoms with Gasteiger partial charge >= 0.3 is 5.97 Å². The summed E-state index contributed by atoms with van der Waals surface area (Å²) in [6, 6.07) is 3.23. The number of anilines is 1. The van der Waals surface area contributed by atoms with E-state index in [0.29, 0.717) is 0 Å². The average molecular weight is 167 g/mol. The first-order valence-electron chi connectivity index (χ1n) is 3.52. The Kier molecular flexibility index (Phi) is 1.99. The lowest BCUT2D eigenvalue weighted by atomic mass is 10.2. The Morgan fingerprint density at radius 2 is 2.17 bits per heavy atom. The third-order valence-corrected chi connectivity index (χ3v) is 1.89. The van der Waals surface area contributed by atoms with Crippen molar-refractivity contribution in [2.75, 3.05) is 5.73 Å². The van der Waals surface area contributed by atoms with E-state index in [1.807, 2.05) is 6.92 Å². The molecule has 0 unspecified atom stereocenters. The van der Waals surface area contributed by atoms with Crippen molar-refractivity contribution in [3.63, 3.8) is 0 Å². The molecule has 4 nitrogen and oxygen atoms in total. The summed E-state index contributed by atoms with van der Waals surface area (Å²) in [4.78, 5) is 10.6. The van der Waals surface area contributed by atoms with Crippen LogP contribution in [0, 0.1) is 6.92 Å². The lowest BCUT2D eigenvalue weighted by Crippen LogP contribution is -2.37. The molecule has 0 amide bonds. The number of pyridine rings is 1. The fourth-order valence-electron chi connectivity index (χ4n) is 0.953. The SMILES string of the molecule is Cc1ccc(C(=O)O)c(N)[n+]1C. The molecule has 0 aliphatic rings. The zero-order valence-electron chi connectivity index (χ0n) is 7.03. The van der Waals surface area contributed by atoms with E-state index in [1.54, 1.807) is 17.7 Å². The molecule has 1 aromatic heterocycles. The van der Waals surface area contributed by atoms with Gasteiger partial charge in [0.2, 0.25) is 0 Å². The van der Waals surface area contributed by atoms with Crippen LogP contribution in [0.4, 0.5) is 5.82 Å². The van der Waals surface area contributed by atoms with Crippen molar-refractivity contribution in [3.8, 4) is 0 Å². The molecule has 0 atom stereocenters. The number of aryl methyl sites for hydroxylation is 1. The van der Waals surface area contributed by atoms with Crippen molar-refractivity contribution in [1.82, 2.24) is 0 Å². The molecule has 0 fully saturated rings. The van der Waals surface area contributed by atoms with Gasteiger partial charge < -0.3 is 5.11 Å². The molecule has 4 heteroatoms. The molecule has 0 saturated heterocycles. The van der Waals surface area contributed by atoms with Crippen molar-refractivity contribution in [2.45, 2.75) is 6.92 Å². The van der Waals surface area contributed by atoms with Crippen molar-refractivity contribution >= 4 is 11.8 Å². The fraction of sp³-hybridized carbons (Fsp3) is 0.250. The summed E-state index contributed by atoms with van der Waals surface area (Å²) in [5, 5.41) is 8.69. The summed E-state index contributed by atoms with van der Waals surface area (Å²) in [7, 11) is 1.73. The predicted molar refractivity (Wildman–Crippen MR) is 43.7 cm³/mol. The van der Waals surface area contributed by atoms with E-state index in [4.69, 9.17) is 10.8 Å². The molecule has 0 radical (unpaired) electrons.